The molecule has 0 aliphatic carbocycles. The molecule has 166 valence electrons. The minimum atomic E-state index is -3.85. The quantitative estimate of drug-likeness (QED) is 0.520. The van der Waals surface area contributed by atoms with Crippen molar-refractivity contribution in [3.63, 3.8) is 0 Å². The molecular weight excluding hydrogens is 420 g/mol. The summed E-state index contributed by atoms with van der Waals surface area (Å²) >= 11 is 0. The van der Waals surface area contributed by atoms with Crippen LogP contribution in [0.25, 0.3) is 0 Å². The van der Waals surface area contributed by atoms with E-state index in [1.54, 1.807) is 12.1 Å². The Kier molecular flexibility index (Phi) is 6.07. The maximum absolute atomic E-state index is 14.0. The first kappa shape index (κ1) is 22.1. The van der Waals surface area contributed by atoms with Gasteiger partial charge in [-0.2, -0.15) is 0 Å². The Morgan fingerprint density at radius 1 is 0.969 bits per heavy atom. The molecule has 4 rings (SSSR count). The number of nitrogens with zero attached hydrogens (tertiary/aromatic N) is 2. The number of anilines is 2. The Balaban J connectivity index is 1.91. The van der Waals surface area contributed by atoms with Gasteiger partial charge < -0.3 is 4.90 Å². The van der Waals surface area contributed by atoms with E-state index in [-0.39, 0.29) is 16.8 Å². The van der Waals surface area contributed by atoms with Gasteiger partial charge in [0.1, 0.15) is 0 Å². The van der Waals surface area contributed by atoms with Gasteiger partial charge in [-0.15, -0.1) is 0 Å². The van der Waals surface area contributed by atoms with Gasteiger partial charge in [-0.1, -0.05) is 61.0 Å². The molecule has 0 saturated carbocycles. The lowest BCUT2D eigenvalue weighted by atomic mass is 9.91. The van der Waals surface area contributed by atoms with Crippen molar-refractivity contribution in [2.24, 2.45) is 0 Å². The number of fused-ring (bicyclic) bond motifs is 1. The van der Waals surface area contributed by atoms with E-state index in [2.05, 4.69) is 0 Å². The predicted octanol–water partition coefficient (Wildman–Crippen LogP) is 5.47. The van der Waals surface area contributed by atoms with Gasteiger partial charge in [0, 0.05) is 18.2 Å². The van der Waals surface area contributed by atoms with Crippen molar-refractivity contribution >= 4 is 27.3 Å². The summed E-state index contributed by atoms with van der Waals surface area (Å²) in [5.41, 5.74) is 3.23. The van der Waals surface area contributed by atoms with Gasteiger partial charge in [0.2, 0.25) is 5.91 Å². The molecule has 0 fully saturated rings. The van der Waals surface area contributed by atoms with Gasteiger partial charge in [-0.25, -0.2) is 8.42 Å². The lowest BCUT2D eigenvalue weighted by Crippen LogP contribution is -2.47. The molecule has 1 aliphatic rings. The molecule has 5 nitrogen and oxygen atoms in total. The van der Waals surface area contributed by atoms with Crippen molar-refractivity contribution in [1.29, 1.82) is 0 Å². The van der Waals surface area contributed by atoms with E-state index in [4.69, 9.17) is 0 Å². The summed E-state index contributed by atoms with van der Waals surface area (Å²) in [6, 6.07) is 23.2. The fourth-order valence-corrected chi connectivity index (χ4v) is 6.08. The molecule has 0 aromatic heterocycles. The molecule has 32 heavy (non-hydrogen) atoms. The second kappa shape index (κ2) is 8.79. The van der Waals surface area contributed by atoms with Crippen LogP contribution in [0.2, 0.25) is 0 Å². The van der Waals surface area contributed by atoms with Crippen molar-refractivity contribution in [3.05, 3.63) is 90.0 Å². The molecular formula is C26H28N2O3S. The minimum absolute atomic E-state index is 0.0380. The van der Waals surface area contributed by atoms with Crippen LogP contribution in [-0.2, 0) is 14.8 Å². The highest BCUT2D eigenvalue weighted by Crippen LogP contribution is 2.44. The van der Waals surface area contributed by atoms with Crippen LogP contribution in [0.4, 0.5) is 11.4 Å². The smallest absolute Gasteiger partial charge is 0.264 e. The van der Waals surface area contributed by atoms with Gasteiger partial charge in [0.25, 0.3) is 10.0 Å². The Hall–Kier alpha value is -3.12. The van der Waals surface area contributed by atoms with Crippen LogP contribution in [-0.4, -0.2) is 20.4 Å². The largest absolute Gasteiger partial charge is 0.309 e. The Labute approximate surface area is 190 Å². The minimum Gasteiger partial charge on any atom is -0.309 e. The third kappa shape index (κ3) is 3.91. The molecule has 2 atom stereocenters. The van der Waals surface area contributed by atoms with Crippen LogP contribution in [0.3, 0.4) is 0 Å². The Morgan fingerprint density at radius 3 is 2.25 bits per heavy atom. The maximum atomic E-state index is 14.0. The molecule has 0 spiro atoms. The number of sulfonamides is 1. The van der Waals surface area contributed by atoms with Crippen molar-refractivity contribution < 1.29 is 13.2 Å². The van der Waals surface area contributed by atoms with Crippen LogP contribution in [0.1, 0.15) is 43.9 Å². The monoisotopic (exact) mass is 448 g/mol. The zero-order chi connectivity index (χ0) is 22.9. The number of carbonyl (C=O) groups is 1. The molecule has 0 unspecified atom stereocenters. The second-order valence-electron chi connectivity index (χ2n) is 8.23. The van der Waals surface area contributed by atoms with Gasteiger partial charge in [-0.3, -0.25) is 9.10 Å². The summed E-state index contributed by atoms with van der Waals surface area (Å²) in [6.07, 6.45) is 0.899. The third-order valence-electron chi connectivity index (χ3n) is 6.00. The van der Waals surface area contributed by atoms with Crippen LogP contribution in [0, 0.1) is 6.92 Å². The number of hydrogen-bond acceptors (Lipinski definition) is 3. The standard InChI is InChI=1S/C26H28N2O3S/c1-4-26(29)27-20(3)18-25(23-12-8-9-13-24(23)27)28(21-10-6-5-7-11-21)32(30,31)22-16-14-19(2)15-17-22/h5-17,20,25H,4,18H2,1-3H3/t20-,25-/m0/s1. The van der Waals surface area contributed by atoms with E-state index in [1.165, 1.54) is 4.31 Å². The lowest BCUT2D eigenvalue weighted by molar-refractivity contribution is -0.118. The molecule has 6 heteroatoms. The SMILES string of the molecule is CCC(=O)N1c2ccccc2[C@@H](N(c2ccccc2)S(=O)(=O)c2ccc(C)cc2)C[C@@H]1C. The zero-order valence-electron chi connectivity index (χ0n) is 18.6. The molecule has 0 saturated heterocycles. The number of benzene rings is 3. The number of hydrogen-bond donors (Lipinski definition) is 0. The molecule has 1 heterocycles. The molecule has 0 N–H and O–H groups in total. The average molecular weight is 449 g/mol. The van der Waals surface area contributed by atoms with Crippen LogP contribution >= 0.6 is 0 Å². The Morgan fingerprint density at radius 2 is 1.59 bits per heavy atom. The molecule has 1 amide bonds. The fourth-order valence-electron chi connectivity index (χ4n) is 4.44. The number of rotatable bonds is 5. The third-order valence-corrected chi connectivity index (χ3v) is 7.85. The first-order valence-corrected chi connectivity index (χ1v) is 12.4. The van der Waals surface area contributed by atoms with E-state index in [1.807, 2.05) is 92.4 Å². The maximum Gasteiger partial charge on any atom is 0.264 e. The highest BCUT2D eigenvalue weighted by molar-refractivity contribution is 7.92. The fraction of sp³-hybridized carbons (Fsp3) is 0.269. The topological polar surface area (TPSA) is 57.7 Å². The predicted molar refractivity (Wildman–Crippen MR) is 128 cm³/mol. The molecule has 0 bridgehead atoms. The van der Waals surface area contributed by atoms with Crippen molar-refractivity contribution in [3.8, 4) is 0 Å². The van der Waals surface area contributed by atoms with Crippen LogP contribution in [0.15, 0.2) is 83.8 Å². The van der Waals surface area contributed by atoms with Gasteiger partial charge in [0.05, 0.1) is 16.6 Å². The molecule has 3 aromatic carbocycles. The average Bonchev–Trinajstić information content (AvgIpc) is 2.79. The summed E-state index contributed by atoms with van der Waals surface area (Å²) in [4.78, 5) is 14.8. The van der Waals surface area contributed by atoms with Crippen LogP contribution in [0.5, 0.6) is 0 Å². The number of para-hydroxylation sites is 2. The van der Waals surface area contributed by atoms with Crippen molar-refractivity contribution in [2.45, 2.75) is 50.6 Å². The molecule has 3 aromatic rings. The van der Waals surface area contributed by atoms with E-state index >= 15 is 0 Å². The summed E-state index contributed by atoms with van der Waals surface area (Å²) in [5.74, 6) is 0.0380. The first-order chi connectivity index (χ1) is 15.3. The van der Waals surface area contributed by atoms with E-state index in [0.717, 1.165) is 16.8 Å². The van der Waals surface area contributed by atoms with Gasteiger partial charge in [0.15, 0.2) is 0 Å². The van der Waals surface area contributed by atoms with Gasteiger partial charge >= 0.3 is 0 Å². The van der Waals surface area contributed by atoms with Crippen molar-refractivity contribution in [2.75, 3.05) is 9.21 Å². The summed E-state index contributed by atoms with van der Waals surface area (Å²) < 4.78 is 29.5. The highest BCUT2D eigenvalue weighted by atomic mass is 32.2. The summed E-state index contributed by atoms with van der Waals surface area (Å²) in [7, 11) is -3.85. The second-order valence-corrected chi connectivity index (χ2v) is 10.0. The van der Waals surface area contributed by atoms with Gasteiger partial charge in [-0.05, 0) is 56.2 Å². The van der Waals surface area contributed by atoms with Crippen LogP contribution < -0.4 is 9.21 Å². The van der Waals surface area contributed by atoms with E-state index in [0.29, 0.717) is 18.5 Å². The first-order valence-electron chi connectivity index (χ1n) is 10.9. The van der Waals surface area contributed by atoms with Crippen molar-refractivity contribution in [1.82, 2.24) is 0 Å². The molecule has 0 radical (unpaired) electrons. The summed E-state index contributed by atoms with van der Waals surface area (Å²) in [5, 5.41) is 0. The number of aryl methyl sites for hydroxylation is 1. The lowest BCUT2D eigenvalue weighted by Gasteiger charge is -2.43. The normalized spacial score (nSPS) is 18.2. The van der Waals surface area contributed by atoms with E-state index < -0.39 is 16.1 Å². The highest BCUT2D eigenvalue weighted by Gasteiger charge is 2.40. The Bertz CT molecular complexity index is 1210. The number of carbonyl (C=O) groups excluding carboxylic acids is 1. The number of amides is 1. The summed E-state index contributed by atoms with van der Waals surface area (Å²) in [6.45, 7) is 5.77. The molecule has 1 aliphatic heterocycles. The zero-order valence-corrected chi connectivity index (χ0v) is 19.4. The van der Waals surface area contributed by atoms with E-state index in [9.17, 15) is 13.2 Å².